The second-order valence-electron chi connectivity index (χ2n) is 4.96. The predicted octanol–water partition coefficient (Wildman–Crippen LogP) is 3.09. The number of halogens is 1. The van der Waals surface area contributed by atoms with Gasteiger partial charge in [-0.3, -0.25) is 0 Å². The molecule has 0 radical (unpaired) electrons. The third-order valence-electron chi connectivity index (χ3n) is 3.63. The van der Waals surface area contributed by atoms with Gasteiger partial charge in [-0.15, -0.1) is 0 Å². The van der Waals surface area contributed by atoms with Gasteiger partial charge >= 0.3 is 0 Å². The topological polar surface area (TPSA) is 35.2 Å². The Hall–Kier alpha value is -0.930. The Kier molecular flexibility index (Phi) is 3.79. The number of hydrogen-bond acceptors (Lipinski definition) is 2. The van der Waals surface area contributed by atoms with Gasteiger partial charge in [0.15, 0.2) is 0 Å². The summed E-state index contributed by atoms with van der Waals surface area (Å²) in [5.74, 6) is -0.191. The van der Waals surface area contributed by atoms with Crippen molar-refractivity contribution >= 4 is 0 Å². The van der Waals surface area contributed by atoms with Crippen LogP contribution in [0.1, 0.15) is 43.2 Å². The fourth-order valence-electron chi connectivity index (χ4n) is 2.67. The van der Waals surface area contributed by atoms with Gasteiger partial charge in [-0.1, -0.05) is 31.4 Å². The molecule has 0 heterocycles. The standard InChI is InChI=1S/C14H20FNO/c1-17-10-11-5-6-12(13(15)9-11)14(16)7-3-2-4-8-14/h5-6,9H,2-4,7-8,10,16H2,1H3. The molecule has 2 N–H and O–H groups in total. The molecule has 1 saturated carbocycles. The summed E-state index contributed by atoms with van der Waals surface area (Å²) < 4.78 is 19.1. The van der Waals surface area contributed by atoms with E-state index in [4.69, 9.17) is 10.5 Å². The van der Waals surface area contributed by atoms with Crippen LogP contribution >= 0.6 is 0 Å². The van der Waals surface area contributed by atoms with E-state index in [1.807, 2.05) is 12.1 Å². The minimum atomic E-state index is -0.464. The van der Waals surface area contributed by atoms with Crippen molar-refractivity contribution in [1.29, 1.82) is 0 Å². The largest absolute Gasteiger partial charge is 0.380 e. The van der Waals surface area contributed by atoms with Crippen molar-refractivity contribution in [3.8, 4) is 0 Å². The van der Waals surface area contributed by atoms with E-state index in [1.165, 1.54) is 6.42 Å². The summed E-state index contributed by atoms with van der Waals surface area (Å²) in [6.07, 6.45) is 5.16. The van der Waals surface area contributed by atoms with Crippen molar-refractivity contribution in [2.75, 3.05) is 7.11 Å². The quantitative estimate of drug-likeness (QED) is 0.876. The number of rotatable bonds is 3. The van der Waals surface area contributed by atoms with E-state index in [0.717, 1.165) is 31.2 Å². The van der Waals surface area contributed by atoms with Crippen molar-refractivity contribution in [1.82, 2.24) is 0 Å². The van der Waals surface area contributed by atoms with Crippen molar-refractivity contribution in [2.45, 2.75) is 44.2 Å². The van der Waals surface area contributed by atoms with Crippen molar-refractivity contribution < 1.29 is 9.13 Å². The van der Waals surface area contributed by atoms with Gasteiger partial charge in [0.25, 0.3) is 0 Å². The van der Waals surface area contributed by atoms with Crippen LogP contribution in [0.3, 0.4) is 0 Å². The molecule has 0 atom stereocenters. The highest BCUT2D eigenvalue weighted by Crippen LogP contribution is 2.36. The van der Waals surface area contributed by atoms with Gasteiger partial charge in [0.2, 0.25) is 0 Å². The maximum absolute atomic E-state index is 14.1. The summed E-state index contributed by atoms with van der Waals surface area (Å²) in [5, 5.41) is 0. The molecule has 2 nitrogen and oxygen atoms in total. The Bertz CT molecular complexity index is 386. The molecule has 17 heavy (non-hydrogen) atoms. The predicted molar refractivity (Wildman–Crippen MR) is 66.1 cm³/mol. The molecule has 0 saturated heterocycles. The van der Waals surface area contributed by atoms with Crippen molar-refractivity contribution in [3.63, 3.8) is 0 Å². The molecule has 94 valence electrons. The lowest BCUT2D eigenvalue weighted by molar-refractivity contribution is 0.184. The van der Waals surface area contributed by atoms with Gasteiger partial charge in [-0.05, 0) is 24.5 Å². The molecule has 1 aliphatic rings. The van der Waals surface area contributed by atoms with E-state index in [2.05, 4.69) is 0 Å². The molecule has 0 aromatic heterocycles. The van der Waals surface area contributed by atoms with Crippen LogP contribution in [0.4, 0.5) is 4.39 Å². The van der Waals surface area contributed by atoms with Gasteiger partial charge in [-0.2, -0.15) is 0 Å². The molecule has 0 bridgehead atoms. The van der Waals surface area contributed by atoms with E-state index in [-0.39, 0.29) is 5.82 Å². The second-order valence-corrected chi connectivity index (χ2v) is 4.96. The molecule has 1 aromatic carbocycles. The van der Waals surface area contributed by atoms with Crippen LogP contribution in [0.2, 0.25) is 0 Å². The van der Waals surface area contributed by atoms with Crippen LogP contribution in [0.15, 0.2) is 18.2 Å². The van der Waals surface area contributed by atoms with Crippen LogP contribution in [0, 0.1) is 5.82 Å². The third kappa shape index (κ3) is 2.67. The number of nitrogens with two attached hydrogens (primary N) is 1. The van der Waals surface area contributed by atoms with Gasteiger partial charge in [0, 0.05) is 18.2 Å². The number of ether oxygens (including phenoxy) is 1. The average Bonchev–Trinajstić information content (AvgIpc) is 2.30. The lowest BCUT2D eigenvalue weighted by atomic mass is 9.77. The Morgan fingerprint density at radius 2 is 2.00 bits per heavy atom. The number of hydrogen-bond donors (Lipinski definition) is 1. The first-order valence-corrected chi connectivity index (χ1v) is 6.22. The highest BCUT2D eigenvalue weighted by atomic mass is 19.1. The zero-order chi connectivity index (χ0) is 12.3. The summed E-state index contributed by atoms with van der Waals surface area (Å²) in [4.78, 5) is 0. The molecule has 0 unspecified atom stereocenters. The van der Waals surface area contributed by atoms with E-state index >= 15 is 0 Å². The first-order chi connectivity index (χ1) is 8.15. The van der Waals surface area contributed by atoms with Crippen molar-refractivity contribution in [2.24, 2.45) is 5.73 Å². The van der Waals surface area contributed by atoms with Gasteiger partial charge in [0.1, 0.15) is 5.82 Å². The van der Waals surface area contributed by atoms with Crippen LogP contribution in [-0.2, 0) is 16.9 Å². The van der Waals surface area contributed by atoms with Crippen LogP contribution < -0.4 is 5.73 Å². The molecular weight excluding hydrogens is 217 g/mol. The summed E-state index contributed by atoms with van der Waals surface area (Å²) in [6.45, 7) is 0.439. The molecule has 3 heteroatoms. The maximum atomic E-state index is 14.1. The second kappa shape index (κ2) is 5.15. The molecule has 1 fully saturated rings. The molecule has 0 aliphatic heterocycles. The zero-order valence-corrected chi connectivity index (χ0v) is 10.3. The zero-order valence-electron chi connectivity index (χ0n) is 10.3. The molecule has 1 aliphatic carbocycles. The van der Waals surface area contributed by atoms with E-state index in [1.54, 1.807) is 13.2 Å². The first-order valence-electron chi connectivity index (χ1n) is 6.22. The Labute approximate surface area is 102 Å². The Morgan fingerprint density at radius 3 is 2.59 bits per heavy atom. The smallest absolute Gasteiger partial charge is 0.128 e. The van der Waals surface area contributed by atoms with E-state index < -0.39 is 5.54 Å². The summed E-state index contributed by atoms with van der Waals surface area (Å²) in [7, 11) is 1.61. The van der Waals surface area contributed by atoms with Crippen molar-refractivity contribution in [3.05, 3.63) is 35.1 Å². The van der Waals surface area contributed by atoms with Crippen LogP contribution in [0.25, 0.3) is 0 Å². The highest BCUT2D eigenvalue weighted by Gasteiger charge is 2.31. The van der Waals surface area contributed by atoms with Crippen LogP contribution in [-0.4, -0.2) is 7.11 Å². The summed E-state index contributed by atoms with van der Waals surface area (Å²) in [6, 6.07) is 5.28. The maximum Gasteiger partial charge on any atom is 0.128 e. The summed E-state index contributed by atoms with van der Waals surface area (Å²) >= 11 is 0. The molecule has 0 amide bonds. The fourth-order valence-corrected chi connectivity index (χ4v) is 2.67. The average molecular weight is 237 g/mol. The molecule has 0 spiro atoms. The lowest BCUT2D eigenvalue weighted by Gasteiger charge is -2.34. The highest BCUT2D eigenvalue weighted by molar-refractivity contribution is 5.30. The number of methoxy groups -OCH3 is 1. The molecule has 1 aromatic rings. The Balaban J connectivity index is 2.25. The monoisotopic (exact) mass is 237 g/mol. The number of benzene rings is 1. The normalized spacial score (nSPS) is 19.2. The third-order valence-corrected chi connectivity index (χ3v) is 3.63. The first kappa shape index (κ1) is 12.5. The van der Waals surface area contributed by atoms with Gasteiger partial charge < -0.3 is 10.5 Å². The van der Waals surface area contributed by atoms with Crippen LogP contribution in [0.5, 0.6) is 0 Å². The van der Waals surface area contributed by atoms with Gasteiger partial charge in [0.05, 0.1) is 6.61 Å². The fraction of sp³-hybridized carbons (Fsp3) is 0.571. The molecule has 2 rings (SSSR count). The van der Waals surface area contributed by atoms with Gasteiger partial charge in [-0.25, -0.2) is 4.39 Å². The minimum absolute atomic E-state index is 0.191. The lowest BCUT2D eigenvalue weighted by Crippen LogP contribution is -2.39. The summed E-state index contributed by atoms with van der Waals surface area (Å²) in [5.41, 5.74) is 7.39. The minimum Gasteiger partial charge on any atom is -0.380 e. The SMILES string of the molecule is COCc1ccc(C2(N)CCCCC2)c(F)c1. The molecular formula is C14H20FNO. The van der Waals surface area contributed by atoms with E-state index in [9.17, 15) is 4.39 Å². The van der Waals surface area contributed by atoms with E-state index in [0.29, 0.717) is 12.2 Å². The Morgan fingerprint density at radius 1 is 1.29 bits per heavy atom.